The van der Waals surface area contributed by atoms with Crippen LogP contribution < -0.4 is 5.73 Å². The summed E-state index contributed by atoms with van der Waals surface area (Å²) in [6.07, 6.45) is -0.978. The van der Waals surface area contributed by atoms with E-state index in [1.165, 1.54) is 6.92 Å². The molecule has 0 bridgehead atoms. The summed E-state index contributed by atoms with van der Waals surface area (Å²) >= 11 is 0. The summed E-state index contributed by atoms with van der Waals surface area (Å²) in [4.78, 5) is 42.3. The van der Waals surface area contributed by atoms with Crippen LogP contribution in [0.15, 0.2) is 0 Å². The SMILES string of the molecule is CCC(=O)OCC(COP(=O)(O)OCC(N)C(=O)O)OC(=O)CC. The van der Waals surface area contributed by atoms with E-state index in [2.05, 4.69) is 9.05 Å². The molecule has 0 saturated heterocycles. The smallest absolute Gasteiger partial charge is 0.472 e. The van der Waals surface area contributed by atoms with Crippen molar-refractivity contribution in [2.75, 3.05) is 19.8 Å². The number of hydrogen-bond acceptors (Lipinski definition) is 9. The van der Waals surface area contributed by atoms with Crippen molar-refractivity contribution in [2.24, 2.45) is 5.73 Å². The van der Waals surface area contributed by atoms with E-state index < -0.39 is 51.1 Å². The van der Waals surface area contributed by atoms with Crippen LogP contribution in [0.1, 0.15) is 26.7 Å². The second-order valence-corrected chi connectivity index (χ2v) is 5.96. The van der Waals surface area contributed by atoms with Gasteiger partial charge in [-0.25, -0.2) is 4.57 Å². The average Bonchev–Trinajstić information content (AvgIpc) is 2.54. The van der Waals surface area contributed by atoms with Crippen molar-refractivity contribution in [3.63, 3.8) is 0 Å². The van der Waals surface area contributed by atoms with Gasteiger partial charge in [0.25, 0.3) is 0 Å². The Morgan fingerprint density at radius 2 is 1.58 bits per heavy atom. The van der Waals surface area contributed by atoms with Gasteiger partial charge in [-0.15, -0.1) is 0 Å². The van der Waals surface area contributed by atoms with Crippen molar-refractivity contribution >= 4 is 25.7 Å². The Balaban J connectivity index is 4.54. The number of carboxylic acid groups (broad SMARTS) is 1. The summed E-state index contributed by atoms with van der Waals surface area (Å²) in [5.74, 6) is -2.60. The first-order chi connectivity index (χ1) is 11.1. The van der Waals surface area contributed by atoms with Crippen LogP contribution in [0.25, 0.3) is 0 Å². The molecule has 0 fully saturated rings. The van der Waals surface area contributed by atoms with Crippen LogP contribution in [0, 0.1) is 0 Å². The molecule has 0 aliphatic heterocycles. The van der Waals surface area contributed by atoms with E-state index in [1.54, 1.807) is 6.92 Å². The highest BCUT2D eigenvalue weighted by Gasteiger charge is 2.27. The normalized spacial score (nSPS) is 15.8. The van der Waals surface area contributed by atoms with E-state index in [0.29, 0.717) is 0 Å². The number of carbonyl (C=O) groups is 3. The summed E-state index contributed by atoms with van der Waals surface area (Å²) < 4.78 is 30.3. The van der Waals surface area contributed by atoms with Gasteiger partial charge < -0.3 is 25.2 Å². The second-order valence-electron chi connectivity index (χ2n) is 4.51. The summed E-state index contributed by atoms with van der Waals surface area (Å²) in [5, 5.41) is 8.55. The van der Waals surface area contributed by atoms with E-state index in [4.69, 9.17) is 20.3 Å². The van der Waals surface area contributed by atoms with Gasteiger partial charge in [0.1, 0.15) is 12.6 Å². The Kier molecular flexibility index (Phi) is 10.4. The molecular formula is C12H22NO10P. The van der Waals surface area contributed by atoms with Crippen LogP contribution in [-0.4, -0.2) is 59.9 Å². The van der Waals surface area contributed by atoms with E-state index in [0.717, 1.165) is 0 Å². The first-order valence-electron chi connectivity index (χ1n) is 7.06. The van der Waals surface area contributed by atoms with Gasteiger partial charge >= 0.3 is 25.7 Å². The highest BCUT2D eigenvalue weighted by atomic mass is 31.2. The zero-order valence-electron chi connectivity index (χ0n) is 13.4. The highest BCUT2D eigenvalue weighted by molar-refractivity contribution is 7.47. The largest absolute Gasteiger partial charge is 0.480 e. The number of aliphatic carboxylic acids is 1. The number of hydrogen-bond donors (Lipinski definition) is 3. The van der Waals surface area contributed by atoms with E-state index >= 15 is 0 Å². The lowest BCUT2D eigenvalue weighted by molar-refractivity contribution is -0.160. The minimum absolute atomic E-state index is 0.0406. The maximum atomic E-state index is 11.6. The molecule has 140 valence electrons. The van der Waals surface area contributed by atoms with Gasteiger partial charge in [0.15, 0.2) is 6.10 Å². The minimum Gasteiger partial charge on any atom is -0.480 e. The Morgan fingerprint density at radius 1 is 1.04 bits per heavy atom. The van der Waals surface area contributed by atoms with Gasteiger partial charge in [-0.3, -0.25) is 23.4 Å². The molecule has 0 amide bonds. The Labute approximate surface area is 138 Å². The molecule has 12 heteroatoms. The molecule has 0 aromatic heterocycles. The van der Waals surface area contributed by atoms with Crippen LogP contribution in [0.2, 0.25) is 0 Å². The number of carboxylic acids is 1. The molecule has 0 radical (unpaired) electrons. The van der Waals surface area contributed by atoms with Crippen molar-refractivity contribution in [3.8, 4) is 0 Å². The zero-order valence-corrected chi connectivity index (χ0v) is 14.3. The maximum absolute atomic E-state index is 11.6. The lowest BCUT2D eigenvalue weighted by Crippen LogP contribution is -2.34. The molecular weight excluding hydrogens is 349 g/mol. The predicted molar refractivity (Wildman–Crippen MR) is 78.8 cm³/mol. The molecule has 0 aliphatic carbocycles. The second kappa shape index (κ2) is 11.1. The fraction of sp³-hybridized carbons (Fsp3) is 0.750. The van der Waals surface area contributed by atoms with Crippen LogP contribution in [-0.2, 0) is 37.5 Å². The van der Waals surface area contributed by atoms with Crippen molar-refractivity contribution in [2.45, 2.75) is 38.8 Å². The van der Waals surface area contributed by atoms with Crippen LogP contribution in [0.3, 0.4) is 0 Å². The monoisotopic (exact) mass is 371 g/mol. The maximum Gasteiger partial charge on any atom is 0.472 e. The Morgan fingerprint density at radius 3 is 2.08 bits per heavy atom. The average molecular weight is 371 g/mol. The van der Waals surface area contributed by atoms with Crippen molar-refractivity contribution in [1.29, 1.82) is 0 Å². The van der Waals surface area contributed by atoms with Gasteiger partial charge in [-0.2, -0.15) is 0 Å². The molecule has 3 unspecified atom stereocenters. The Bertz CT molecular complexity index is 482. The molecule has 3 atom stereocenters. The van der Waals surface area contributed by atoms with Crippen molar-refractivity contribution in [3.05, 3.63) is 0 Å². The molecule has 0 aromatic rings. The highest BCUT2D eigenvalue weighted by Crippen LogP contribution is 2.43. The quantitative estimate of drug-likeness (QED) is 0.306. The fourth-order valence-electron chi connectivity index (χ4n) is 1.13. The van der Waals surface area contributed by atoms with Gasteiger partial charge in [-0.1, -0.05) is 13.8 Å². The van der Waals surface area contributed by atoms with Crippen molar-refractivity contribution < 1.29 is 47.5 Å². The van der Waals surface area contributed by atoms with Gasteiger partial charge in [-0.05, 0) is 0 Å². The fourth-order valence-corrected chi connectivity index (χ4v) is 1.91. The molecule has 0 spiro atoms. The number of esters is 2. The zero-order chi connectivity index (χ0) is 18.8. The van der Waals surface area contributed by atoms with Gasteiger partial charge in [0, 0.05) is 12.8 Å². The first-order valence-corrected chi connectivity index (χ1v) is 8.56. The van der Waals surface area contributed by atoms with Crippen molar-refractivity contribution in [1.82, 2.24) is 0 Å². The number of rotatable bonds is 12. The third-order valence-corrected chi connectivity index (χ3v) is 3.41. The van der Waals surface area contributed by atoms with Crippen LogP contribution >= 0.6 is 7.82 Å². The molecule has 0 aliphatic rings. The summed E-state index contributed by atoms with van der Waals surface area (Å²) in [5.41, 5.74) is 5.12. The number of ether oxygens (including phenoxy) is 2. The third kappa shape index (κ3) is 10.3. The summed E-state index contributed by atoms with van der Waals surface area (Å²) in [6, 6.07) is -1.51. The standard InChI is InChI=1S/C12H22NO10P/c1-3-10(14)20-5-8(23-11(15)4-2)6-21-24(18,19)22-7-9(13)12(16)17/h8-9H,3-7,13H2,1-2H3,(H,16,17)(H,18,19). The Hall–Kier alpha value is -1.52. The van der Waals surface area contributed by atoms with E-state index in [-0.39, 0.29) is 19.4 Å². The summed E-state index contributed by atoms with van der Waals surface area (Å²) in [7, 11) is -4.62. The molecule has 4 N–H and O–H groups in total. The predicted octanol–water partition coefficient (Wildman–Crippen LogP) is -0.193. The van der Waals surface area contributed by atoms with Crippen LogP contribution in [0.4, 0.5) is 0 Å². The summed E-state index contributed by atoms with van der Waals surface area (Å²) in [6.45, 7) is 1.37. The lowest BCUT2D eigenvalue weighted by atomic mass is 10.3. The first kappa shape index (κ1) is 22.5. The molecule has 11 nitrogen and oxygen atoms in total. The van der Waals surface area contributed by atoms with Gasteiger partial charge in [0.2, 0.25) is 0 Å². The number of phosphoric acid groups is 1. The molecule has 0 saturated carbocycles. The molecule has 0 rings (SSSR count). The minimum atomic E-state index is -4.62. The number of carbonyl (C=O) groups excluding carboxylic acids is 2. The van der Waals surface area contributed by atoms with E-state index in [9.17, 15) is 23.8 Å². The van der Waals surface area contributed by atoms with Gasteiger partial charge in [0.05, 0.1) is 13.2 Å². The molecule has 0 aromatic carbocycles. The van der Waals surface area contributed by atoms with E-state index in [1.807, 2.05) is 0 Å². The molecule has 0 heterocycles. The third-order valence-electron chi connectivity index (χ3n) is 2.46. The van der Waals surface area contributed by atoms with Crippen LogP contribution in [0.5, 0.6) is 0 Å². The molecule has 24 heavy (non-hydrogen) atoms. The number of phosphoric ester groups is 1. The number of nitrogens with two attached hydrogens (primary N) is 1. The lowest BCUT2D eigenvalue weighted by Gasteiger charge is -2.19. The topological polar surface area (TPSA) is 172 Å².